The molecule has 33 heavy (non-hydrogen) atoms. The van der Waals surface area contributed by atoms with E-state index < -0.39 is 6.10 Å². The zero-order valence-electron chi connectivity index (χ0n) is 19.9. The van der Waals surface area contributed by atoms with Gasteiger partial charge in [-0.25, -0.2) is 4.68 Å². The normalized spacial score (nSPS) is 12.0. The minimum absolute atomic E-state index is 0.405. The average Bonchev–Trinajstić information content (AvgIpc) is 3.13. The van der Waals surface area contributed by atoms with Gasteiger partial charge in [0.25, 0.3) is 0 Å². The summed E-state index contributed by atoms with van der Waals surface area (Å²) in [6, 6.07) is 17.6. The first kappa shape index (κ1) is 24.6. The van der Waals surface area contributed by atoms with Crippen molar-refractivity contribution in [3.05, 3.63) is 78.5 Å². The molecule has 176 valence electrons. The molecule has 0 aliphatic carbocycles. The second-order valence-corrected chi connectivity index (χ2v) is 8.12. The molecule has 0 aliphatic heterocycles. The Morgan fingerprint density at radius 1 is 1.12 bits per heavy atom. The Labute approximate surface area is 197 Å². The topological polar surface area (TPSA) is 59.8 Å². The molecule has 2 aromatic carbocycles. The highest BCUT2D eigenvalue weighted by molar-refractivity contribution is 5.47. The molecule has 0 fully saturated rings. The summed E-state index contributed by atoms with van der Waals surface area (Å²) >= 11 is 0. The number of benzene rings is 2. The highest BCUT2D eigenvalue weighted by atomic mass is 16.5. The summed E-state index contributed by atoms with van der Waals surface area (Å²) in [6.07, 6.45) is 3.94. The van der Waals surface area contributed by atoms with Crippen LogP contribution < -0.4 is 9.47 Å². The summed E-state index contributed by atoms with van der Waals surface area (Å²) in [5, 5.41) is 15.3. The third-order valence-electron chi connectivity index (χ3n) is 5.51. The Morgan fingerprint density at radius 2 is 1.82 bits per heavy atom. The molecule has 3 rings (SSSR count). The number of aryl methyl sites for hydroxylation is 1. The highest BCUT2D eigenvalue weighted by Gasteiger charge is 2.23. The smallest absolute Gasteiger partial charge is 0.227 e. The van der Waals surface area contributed by atoms with Crippen molar-refractivity contribution < 1.29 is 14.6 Å². The largest absolute Gasteiger partial charge is 0.493 e. The van der Waals surface area contributed by atoms with Crippen molar-refractivity contribution >= 4 is 0 Å². The Morgan fingerprint density at radius 3 is 2.48 bits per heavy atom. The molecule has 0 saturated heterocycles. The van der Waals surface area contributed by atoms with E-state index in [-0.39, 0.29) is 0 Å². The van der Waals surface area contributed by atoms with Gasteiger partial charge in [0.05, 0.1) is 30.2 Å². The number of hydrogen-bond donors (Lipinski definition) is 1. The number of hydrogen-bond acceptors (Lipinski definition) is 5. The van der Waals surface area contributed by atoms with E-state index in [4.69, 9.17) is 14.6 Å². The molecular weight excluding hydrogens is 414 g/mol. The quantitative estimate of drug-likeness (QED) is 0.348. The van der Waals surface area contributed by atoms with Gasteiger partial charge in [0.1, 0.15) is 0 Å². The van der Waals surface area contributed by atoms with Gasteiger partial charge in [-0.05, 0) is 57.0 Å². The van der Waals surface area contributed by atoms with Crippen molar-refractivity contribution in [1.29, 1.82) is 0 Å². The second-order valence-electron chi connectivity index (χ2n) is 8.12. The number of nitrogens with zero attached hydrogens (tertiary/aromatic N) is 3. The summed E-state index contributed by atoms with van der Waals surface area (Å²) in [7, 11) is 1.64. The molecule has 1 N–H and O–H groups in total. The lowest BCUT2D eigenvalue weighted by Crippen LogP contribution is -2.33. The predicted octanol–water partition coefficient (Wildman–Crippen LogP) is 5.52. The molecule has 1 aromatic heterocycles. The summed E-state index contributed by atoms with van der Waals surface area (Å²) in [5.74, 6) is 1.95. The van der Waals surface area contributed by atoms with E-state index in [9.17, 15) is 5.11 Å². The molecule has 6 nitrogen and oxygen atoms in total. The molecule has 0 amide bonds. The number of methoxy groups -OCH3 is 1. The van der Waals surface area contributed by atoms with Crippen LogP contribution in [-0.2, 0) is 6.54 Å². The number of aliphatic hydroxyl groups is 1. The molecule has 0 aliphatic rings. The number of rotatable bonds is 13. The van der Waals surface area contributed by atoms with Crippen LogP contribution in [0.5, 0.6) is 17.4 Å². The highest BCUT2D eigenvalue weighted by Crippen LogP contribution is 2.36. The predicted molar refractivity (Wildman–Crippen MR) is 132 cm³/mol. The van der Waals surface area contributed by atoms with Crippen molar-refractivity contribution in [3.8, 4) is 23.1 Å². The zero-order chi connectivity index (χ0) is 23.6. The summed E-state index contributed by atoms with van der Waals surface area (Å²) < 4.78 is 13.8. The molecule has 1 heterocycles. The Balaban J connectivity index is 1.99. The van der Waals surface area contributed by atoms with Crippen molar-refractivity contribution in [2.45, 2.75) is 45.8 Å². The van der Waals surface area contributed by atoms with Gasteiger partial charge in [-0.2, -0.15) is 5.10 Å². The maximum Gasteiger partial charge on any atom is 0.227 e. The van der Waals surface area contributed by atoms with Crippen molar-refractivity contribution in [1.82, 2.24) is 14.7 Å². The summed E-state index contributed by atoms with van der Waals surface area (Å²) in [6.45, 7) is 10.00. The maximum absolute atomic E-state index is 10.5. The van der Waals surface area contributed by atoms with Gasteiger partial charge < -0.3 is 14.6 Å². The summed E-state index contributed by atoms with van der Waals surface area (Å²) in [4.78, 5) is 2.27. The first-order valence-electron chi connectivity index (χ1n) is 11.5. The van der Waals surface area contributed by atoms with Crippen LogP contribution in [0.15, 0.2) is 67.3 Å². The lowest BCUT2D eigenvalue weighted by atomic mass is 10.1. The van der Waals surface area contributed by atoms with E-state index in [1.807, 2.05) is 72.3 Å². The molecule has 6 heteroatoms. The zero-order valence-corrected chi connectivity index (χ0v) is 19.9. The number of allylic oxidation sites excluding steroid dienone is 1. The van der Waals surface area contributed by atoms with Gasteiger partial charge in [0, 0.05) is 13.1 Å². The monoisotopic (exact) mass is 449 g/mol. The standard InChI is InChI=1S/C27H35N3O3/c1-5-7-15-23(31)19-29(18-6-2)20-24-21(3)28-30(22-13-9-8-10-14-22)27(24)33-26-17-12-11-16-25(26)32-4/h5,8-14,16-17,23,31H,1,6-7,15,18-20H2,2-4H3. The minimum Gasteiger partial charge on any atom is -0.493 e. The maximum atomic E-state index is 10.5. The van der Waals surface area contributed by atoms with Crippen molar-refractivity contribution in [2.24, 2.45) is 0 Å². The fourth-order valence-electron chi connectivity index (χ4n) is 3.85. The third kappa shape index (κ3) is 6.46. The molecular formula is C27H35N3O3. The average molecular weight is 450 g/mol. The van der Waals surface area contributed by atoms with Crippen LogP contribution in [-0.4, -0.2) is 46.1 Å². The van der Waals surface area contributed by atoms with Gasteiger partial charge in [0.15, 0.2) is 11.5 Å². The van der Waals surface area contributed by atoms with Gasteiger partial charge in [-0.3, -0.25) is 4.90 Å². The first-order valence-corrected chi connectivity index (χ1v) is 11.5. The molecule has 0 saturated carbocycles. The van der Waals surface area contributed by atoms with E-state index in [0.29, 0.717) is 36.9 Å². The van der Waals surface area contributed by atoms with Crippen molar-refractivity contribution in [2.75, 3.05) is 20.2 Å². The van der Waals surface area contributed by atoms with E-state index in [1.165, 1.54) is 0 Å². The summed E-state index contributed by atoms with van der Waals surface area (Å²) in [5.41, 5.74) is 2.81. The second kappa shape index (κ2) is 12.2. The number of aliphatic hydroxyl groups excluding tert-OH is 1. The molecule has 0 radical (unpaired) electrons. The number of ether oxygens (including phenoxy) is 2. The molecule has 1 atom stereocenters. The van der Waals surface area contributed by atoms with Crippen LogP contribution in [0, 0.1) is 6.92 Å². The lowest BCUT2D eigenvalue weighted by Gasteiger charge is -2.25. The SMILES string of the molecule is C=CCCC(O)CN(CCC)Cc1c(C)nn(-c2ccccc2)c1Oc1ccccc1OC. The fraction of sp³-hybridized carbons (Fsp3) is 0.370. The number of para-hydroxylation sites is 3. The van der Waals surface area contributed by atoms with Crippen LogP contribution in [0.4, 0.5) is 0 Å². The van der Waals surface area contributed by atoms with Crippen LogP contribution in [0.2, 0.25) is 0 Å². The Kier molecular flexibility index (Phi) is 9.10. The van der Waals surface area contributed by atoms with Crippen LogP contribution >= 0.6 is 0 Å². The Bertz CT molecular complexity index is 1020. The third-order valence-corrected chi connectivity index (χ3v) is 5.51. The van der Waals surface area contributed by atoms with Gasteiger partial charge in [0.2, 0.25) is 5.88 Å². The van der Waals surface area contributed by atoms with Crippen LogP contribution in [0.1, 0.15) is 37.4 Å². The van der Waals surface area contributed by atoms with E-state index in [0.717, 1.165) is 36.3 Å². The molecule has 0 spiro atoms. The van der Waals surface area contributed by atoms with Crippen LogP contribution in [0.25, 0.3) is 5.69 Å². The van der Waals surface area contributed by atoms with Gasteiger partial charge in [-0.1, -0.05) is 43.3 Å². The van der Waals surface area contributed by atoms with Gasteiger partial charge in [-0.15, -0.1) is 6.58 Å². The van der Waals surface area contributed by atoms with Crippen molar-refractivity contribution in [3.63, 3.8) is 0 Å². The van der Waals surface area contributed by atoms with E-state index in [1.54, 1.807) is 7.11 Å². The Hall–Kier alpha value is -3.09. The number of aromatic nitrogens is 2. The van der Waals surface area contributed by atoms with E-state index >= 15 is 0 Å². The first-order chi connectivity index (χ1) is 16.1. The van der Waals surface area contributed by atoms with Gasteiger partial charge >= 0.3 is 0 Å². The van der Waals surface area contributed by atoms with E-state index in [2.05, 4.69) is 18.4 Å². The minimum atomic E-state index is -0.405. The van der Waals surface area contributed by atoms with Crippen LogP contribution in [0.3, 0.4) is 0 Å². The molecule has 1 unspecified atom stereocenters. The fourth-order valence-corrected chi connectivity index (χ4v) is 3.85. The molecule has 0 bridgehead atoms. The molecule has 3 aromatic rings. The lowest BCUT2D eigenvalue weighted by molar-refractivity contribution is 0.102.